The molecule has 0 radical (unpaired) electrons. The third kappa shape index (κ3) is 1.35. The molecule has 0 amide bonds. The zero-order valence-corrected chi connectivity index (χ0v) is 8.38. The van der Waals surface area contributed by atoms with Crippen molar-refractivity contribution in [2.75, 3.05) is 19.7 Å². The van der Waals surface area contributed by atoms with E-state index in [1.54, 1.807) is 0 Å². The maximum atomic E-state index is 11.2. The minimum Gasteiger partial charge on any atom is -0.464 e. The van der Waals surface area contributed by atoms with Gasteiger partial charge in [0.25, 0.3) is 0 Å². The Kier molecular flexibility index (Phi) is 2.06. The van der Waals surface area contributed by atoms with E-state index in [1.807, 2.05) is 0 Å². The van der Waals surface area contributed by atoms with Gasteiger partial charge in [-0.3, -0.25) is 4.79 Å². The molecule has 0 N–H and O–H groups in total. The monoisotopic (exact) mass is 183 g/mol. The van der Waals surface area contributed by atoms with Crippen LogP contribution in [0.4, 0.5) is 0 Å². The van der Waals surface area contributed by atoms with Crippen LogP contribution in [0, 0.1) is 5.41 Å². The van der Waals surface area contributed by atoms with Gasteiger partial charge < -0.3 is 9.64 Å². The molecular formula is C10H17NO2. The van der Waals surface area contributed by atoms with Crippen molar-refractivity contribution in [3.8, 4) is 0 Å². The van der Waals surface area contributed by atoms with E-state index in [9.17, 15) is 4.79 Å². The van der Waals surface area contributed by atoms with Crippen molar-refractivity contribution in [2.45, 2.75) is 32.7 Å². The van der Waals surface area contributed by atoms with Gasteiger partial charge in [0.05, 0.1) is 0 Å². The van der Waals surface area contributed by atoms with E-state index in [4.69, 9.17) is 4.74 Å². The number of carbonyl (C=O) groups is 1. The third-order valence-electron chi connectivity index (χ3n) is 3.40. The van der Waals surface area contributed by atoms with Crippen LogP contribution in [0.2, 0.25) is 0 Å². The number of ether oxygens (including phenoxy) is 1. The molecule has 0 bridgehead atoms. The number of hydrogen-bond acceptors (Lipinski definition) is 3. The summed E-state index contributed by atoms with van der Waals surface area (Å²) >= 11 is 0. The highest BCUT2D eigenvalue weighted by Crippen LogP contribution is 2.39. The molecule has 2 aliphatic heterocycles. The molecule has 0 aromatic carbocycles. The highest BCUT2D eigenvalue weighted by molar-refractivity contribution is 5.82. The van der Waals surface area contributed by atoms with Crippen LogP contribution in [0.5, 0.6) is 0 Å². The second-order valence-corrected chi connectivity index (χ2v) is 4.49. The molecule has 0 unspecified atom stereocenters. The van der Waals surface area contributed by atoms with Crippen LogP contribution in [-0.2, 0) is 9.53 Å². The molecule has 2 fully saturated rings. The fourth-order valence-electron chi connectivity index (χ4n) is 2.15. The van der Waals surface area contributed by atoms with E-state index in [-0.39, 0.29) is 11.4 Å². The second kappa shape index (κ2) is 2.98. The summed E-state index contributed by atoms with van der Waals surface area (Å²) in [7, 11) is 0. The van der Waals surface area contributed by atoms with Gasteiger partial charge in [-0.2, -0.15) is 0 Å². The van der Waals surface area contributed by atoms with E-state index >= 15 is 0 Å². The number of piperidine rings is 1. The summed E-state index contributed by atoms with van der Waals surface area (Å²) in [4.78, 5) is 13.7. The average Bonchev–Trinajstić information content (AvgIpc) is 2.15. The summed E-state index contributed by atoms with van der Waals surface area (Å²) in [6.07, 6.45) is 1.98. The lowest BCUT2D eigenvalue weighted by Crippen LogP contribution is -2.55. The topological polar surface area (TPSA) is 29.5 Å². The fraction of sp³-hybridized carbons (Fsp3) is 0.900. The van der Waals surface area contributed by atoms with Crippen molar-refractivity contribution >= 4 is 5.97 Å². The van der Waals surface area contributed by atoms with Gasteiger partial charge in [0.15, 0.2) is 0 Å². The van der Waals surface area contributed by atoms with Crippen molar-refractivity contribution in [1.82, 2.24) is 4.90 Å². The van der Waals surface area contributed by atoms with Gasteiger partial charge in [0.1, 0.15) is 12.0 Å². The summed E-state index contributed by atoms with van der Waals surface area (Å²) in [5.41, 5.74) is -0.0780. The maximum Gasteiger partial charge on any atom is 0.315 e. The quantitative estimate of drug-likeness (QED) is 0.569. The van der Waals surface area contributed by atoms with Crippen LogP contribution in [0.3, 0.4) is 0 Å². The zero-order chi connectivity index (χ0) is 9.47. The largest absolute Gasteiger partial charge is 0.464 e. The summed E-state index contributed by atoms with van der Waals surface area (Å²) in [6, 6.07) is 0.605. The van der Waals surface area contributed by atoms with Crippen molar-refractivity contribution < 1.29 is 9.53 Å². The number of likely N-dealkylation sites (tertiary alicyclic amines) is 1. The van der Waals surface area contributed by atoms with E-state index in [0.29, 0.717) is 12.6 Å². The van der Waals surface area contributed by atoms with Gasteiger partial charge >= 0.3 is 5.97 Å². The van der Waals surface area contributed by atoms with Crippen LogP contribution < -0.4 is 0 Å². The number of cyclic esters (lactones) is 1. The Morgan fingerprint density at radius 3 is 2.31 bits per heavy atom. The normalized spacial score (nSPS) is 27.5. The van der Waals surface area contributed by atoms with Crippen LogP contribution in [0.15, 0.2) is 0 Å². The van der Waals surface area contributed by atoms with E-state index < -0.39 is 0 Å². The summed E-state index contributed by atoms with van der Waals surface area (Å²) in [6.45, 7) is 7.17. The van der Waals surface area contributed by atoms with Gasteiger partial charge in [-0.25, -0.2) is 0 Å². The number of esters is 1. The van der Waals surface area contributed by atoms with Crippen LogP contribution >= 0.6 is 0 Å². The highest BCUT2D eigenvalue weighted by Gasteiger charge is 2.50. The first kappa shape index (κ1) is 9.00. The average molecular weight is 183 g/mol. The molecule has 3 heteroatoms. The van der Waals surface area contributed by atoms with Crippen LogP contribution in [-0.4, -0.2) is 36.6 Å². The fourth-order valence-corrected chi connectivity index (χ4v) is 2.15. The Labute approximate surface area is 79.0 Å². The molecule has 2 aliphatic rings. The molecule has 0 atom stereocenters. The molecule has 0 aromatic heterocycles. The zero-order valence-electron chi connectivity index (χ0n) is 8.38. The number of carbonyl (C=O) groups excluding carboxylic acids is 1. The molecule has 74 valence electrons. The van der Waals surface area contributed by atoms with Crippen molar-refractivity contribution in [3.63, 3.8) is 0 Å². The lowest BCUT2D eigenvalue weighted by molar-refractivity contribution is -0.192. The number of hydrogen-bond donors (Lipinski definition) is 0. The number of nitrogens with zero attached hydrogens (tertiary/aromatic N) is 1. The Bertz CT molecular complexity index is 217. The van der Waals surface area contributed by atoms with Crippen molar-refractivity contribution in [3.05, 3.63) is 0 Å². The SMILES string of the molecule is CC(C)N1CCC2(CC1)COC2=O. The standard InChI is InChI=1S/C10H17NO2/c1-8(2)11-5-3-10(4-6-11)7-13-9(10)12/h8H,3-7H2,1-2H3. The summed E-state index contributed by atoms with van der Waals surface area (Å²) < 4.78 is 4.86. The summed E-state index contributed by atoms with van der Waals surface area (Å²) in [5.74, 6) is 0.0379. The first-order valence-corrected chi connectivity index (χ1v) is 5.05. The molecule has 0 aromatic rings. The molecule has 2 saturated heterocycles. The highest BCUT2D eigenvalue weighted by atomic mass is 16.6. The first-order chi connectivity index (χ1) is 6.14. The third-order valence-corrected chi connectivity index (χ3v) is 3.40. The minimum absolute atomic E-state index is 0.0379. The van der Waals surface area contributed by atoms with E-state index in [1.165, 1.54) is 0 Å². The van der Waals surface area contributed by atoms with Gasteiger partial charge in [-0.1, -0.05) is 0 Å². The molecule has 1 spiro atoms. The number of rotatable bonds is 1. The molecule has 2 heterocycles. The van der Waals surface area contributed by atoms with Crippen molar-refractivity contribution in [2.24, 2.45) is 5.41 Å². The van der Waals surface area contributed by atoms with Crippen LogP contribution in [0.25, 0.3) is 0 Å². The molecule has 13 heavy (non-hydrogen) atoms. The Morgan fingerprint density at radius 2 is 2.00 bits per heavy atom. The minimum atomic E-state index is -0.0780. The second-order valence-electron chi connectivity index (χ2n) is 4.49. The lowest BCUT2D eigenvalue weighted by Gasteiger charge is -2.46. The van der Waals surface area contributed by atoms with Crippen molar-refractivity contribution in [1.29, 1.82) is 0 Å². The lowest BCUT2D eigenvalue weighted by atomic mass is 9.76. The Balaban J connectivity index is 1.93. The first-order valence-electron chi connectivity index (χ1n) is 5.05. The Hall–Kier alpha value is -0.570. The van der Waals surface area contributed by atoms with Gasteiger partial charge in [0, 0.05) is 6.04 Å². The van der Waals surface area contributed by atoms with E-state index in [2.05, 4.69) is 18.7 Å². The van der Waals surface area contributed by atoms with Gasteiger partial charge in [-0.15, -0.1) is 0 Å². The smallest absolute Gasteiger partial charge is 0.315 e. The Morgan fingerprint density at radius 1 is 1.38 bits per heavy atom. The predicted molar refractivity (Wildman–Crippen MR) is 49.3 cm³/mol. The molecular weight excluding hydrogens is 166 g/mol. The van der Waals surface area contributed by atoms with Gasteiger partial charge in [0.2, 0.25) is 0 Å². The molecule has 0 aliphatic carbocycles. The van der Waals surface area contributed by atoms with Crippen LogP contribution in [0.1, 0.15) is 26.7 Å². The summed E-state index contributed by atoms with van der Waals surface area (Å²) in [5, 5.41) is 0. The molecule has 0 saturated carbocycles. The van der Waals surface area contributed by atoms with E-state index in [0.717, 1.165) is 25.9 Å². The maximum absolute atomic E-state index is 11.2. The molecule has 3 nitrogen and oxygen atoms in total. The predicted octanol–water partition coefficient (Wildman–Crippen LogP) is 1.03. The van der Waals surface area contributed by atoms with Gasteiger partial charge in [-0.05, 0) is 39.8 Å². The molecule has 2 rings (SSSR count).